The first kappa shape index (κ1) is 11.8. The number of aromatic nitrogens is 1. The van der Waals surface area contributed by atoms with Gasteiger partial charge in [0.15, 0.2) is 0 Å². The number of hydrogen-bond acceptors (Lipinski definition) is 5. The highest BCUT2D eigenvalue weighted by Crippen LogP contribution is 2.31. The van der Waals surface area contributed by atoms with Crippen LogP contribution in [0.5, 0.6) is 5.75 Å². The van der Waals surface area contributed by atoms with E-state index in [1.807, 2.05) is 0 Å². The average Bonchev–Trinajstić information content (AvgIpc) is 2.27. The molecule has 5 nitrogen and oxygen atoms in total. The van der Waals surface area contributed by atoms with E-state index in [2.05, 4.69) is 9.72 Å². The van der Waals surface area contributed by atoms with Crippen LogP contribution in [0, 0.1) is 11.3 Å². The SMILES string of the molecule is COC(=O)c1c(O)cnc(C#N)c1C(F)F. The van der Waals surface area contributed by atoms with Gasteiger partial charge in [-0.1, -0.05) is 0 Å². The van der Waals surface area contributed by atoms with Crippen LogP contribution in [0.1, 0.15) is 28.0 Å². The third kappa shape index (κ3) is 1.91. The van der Waals surface area contributed by atoms with Crippen LogP contribution in [-0.4, -0.2) is 23.2 Å². The molecule has 0 aliphatic heterocycles. The number of methoxy groups -OCH3 is 1. The summed E-state index contributed by atoms with van der Waals surface area (Å²) in [6.07, 6.45) is -2.36. The van der Waals surface area contributed by atoms with E-state index in [0.29, 0.717) is 0 Å². The van der Waals surface area contributed by atoms with Crippen molar-refractivity contribution in [3.05, 3.63) is 23.0 Å². The number of carbonyl (C=O) groups is 1. The van der Waals surface area contributed by atoms with E-state index in [9.17, 15) is 18.7 Å². The Balaban J connectivity index is 3.56. The van der Waals surface area contributed by atoms with Gasteiger partial charge >= 0.3 is 5.97 Å². The number of nitrogens with zero attached hydrogens (tertiary/aromatic N) is 2. The monoisotopic (exact) mass is 228 g/mol. The van der Waals surface area contributed by atoms with Crippen LogP contribution in [0.25, 0.3) is 0 Å². The molecule has 0 aliphatic rings. The largest absolute Gasteiger partial charge is 0.505 e. The fourth-order valence-corrected chi connectivity index (χ4v) is 1.13. The van der Waals surface area contributed by atoms with Gasteiger partial charge in [0.2, 0.25) is 0 Å². The standard InChI is InChI=1S/C9H6F2N2O3/c1-16-9(15)7-5(14)3-13-4(2-12)6(7)8(10)11/h3,8,14H,1H3. The summed E-state index contributed by atoms with van der Waals surface area (Å²) in [7, 11) is 0.976. The van der Waals surface area contributed by atoms with Gasteiger partial charge < -0.3 is 9.84 Å². The lowest BCUT2D eigenvalue weighted by molar-refractivity contribution is 0.0585. The molecule has 84 valence electrons. The summed E-state index contributed by atoms with van der Waals surface area (Å²) >= 11 is 0. The highest BCUT2D eigenvalue weighted by atomic mass is 19.3. The minimum atomic E-state index is -3.11. The van der Waals surface area contributed by atoms with Crippen LogP contribution in [0.15, 0.2) is 6.20 Å². The van der Waals surface area contributed by atoms with E-state index >= 15 is 0 Å². The molecule has 1 aromatic heterocycles. The molecular formula is C9H6F2N2O3. The van der Waals surface area contributed by atoms with E-state index < -0.39 is 35.0 Å². The van der Waals surface area contributed by atoms with Crippen molar-refractivity contribution in [2.45, 2.75) is 6.43 Å². The number of pyridine rings is 1. The zero-order valence-electron chi connectivity index (χ0n) is 8.07. The van der Waals surface area contributed by atoms with Gasteiger partial charge in [-0.25, -0.2) is 18.6 Å². The van der Waals surface area contributed by atoms with Crippen molar-refractivity contribution >= 4 is 5.97 Å². The molecule has 0 radical (unpaired) electrons. The van der Waals surface area contributed by atoms with E-state index in [4.69, 9.17) is 5.26 Å². The fourth-order valence-electron chi connectivity index (χ4n) is 1.13. The zero-order valence-corrected chi connectivity index (χ0v) is 8.07. The molecule has 7 heteroatoms. The van der Waals surface area contributed by atoms with Crippen molar-refractivity contribution in [2.75, 3.05) is 7.11 Å². The Morgan fingerprint density at radius 2 is 2.31 bits per heavy atom. The van der Waals surface area contributed by atoms with Crippen LogP contribution < -0.4 is 0 Å². The second kappa shape index (κ2) is 4.53. The number of alkyl halides is 2. The minimum absolute atomic E-state index is 0.617. The van der Waals surface area contributed by atoms with Crippen molar-refractivity contribution in [2.24, 2.45) is 0 Å². The van der Waals surface area contributed by atoms with Crippen molar-refractivity contribution < 1.29 is 23.4 Å². The Hall–Kier alpha value is -2.23. The van der Waals surface area contributed by atoms with Crippen molar-refractivity contribution in [1.29, 1.82) is 5.26 Å². The van der Waals surface area contributed by atoms with Crippen LogP contribution in [0.2, 0.25) is 0 Å². The number of carbonyl (C=O) groups excluding carboxylic acids is 1. The summed E-state index contributed by atoms with van der Waals surface area (Å²) in [5, 5.41) is 17.8. The molecule has 0 bridgehead atoms. The lowest BCUT2D eigenvalue weighted by Crippen LogP contribution is -2.09. The quantitative estimate of drug-likeness (QED) is 0.773. The third-order valence-corrected chi connectivity index (χ3v) is 1.81. The molecule has 0 fully saturated rings. The third-order valence-electron chi connectivity index (χ3n) is 1.81. The average molecular weight is 228 g/mol. The molecule has 0 aromatic carbocycles. The van der Waals surface area contributed by atoms with Gasteiger partial charge in [-0.2, -0.15) is 5.26 Å². The number of nitriles is 1. The Morgan fingerprint density at radius 1 is 1.69 bits per heavy atom. The summed E-state index contributed by atoms with van der Waals surface area (Å²) in [6.45, 7) is 0. The molecule has 0 saturated carbocycles. The van der Waals surface area contributed by atoms with Crippen molar-refractivity contribution in [1.82, 2.24) is 4.98 Å². The maximum Gasteiger partial charge on any atom is 0.342 e. The van der Waals surface area contributed by atoms with Gasteiger partial charge in [-0.15, -0.1) is 0 Å². The predicted octanol–water partition coefficient (Wildman–Crippen LogP) is 1.38. The minimum Gasteiger partial charge on any atom is -0.505 e. The first-order valence-corrected chi connectivity index (χ1v) is 4.01. The predicted molar refractivity (Wildman–Crippen MR) is 46.9 cm³/mol. The number of ether oxygens (including phenoxy) is 1. The zero-order chi connectivity index (χ0) is 12.3. The van der Waals surface area contributed by atoms with Crippen LogP contribution in [0.3, 0.4) is 0 Å². The maximum atomic E-state index is 12.6. The maximum absolute atomic E-state index is 12.6. The van der Waals surface area contributed by atoms with Gasteiger partial charge in [-0.05, 0) is 0 Å². The number of esters is 1. The Kier molecular flexibility index (Phi) is 3.35. The smallest absolute Gasteiger partial charge is 0.342 e. The summed E-state index contributed by atoms with van der Waals surface area (Å²) in [5.41, 5.74) is -2.27. The second-order valence-electron chi connectivity index (χ2n) is 2.68. The molecule has 0 aliphatic carbocycles. The molecule has 0 amide bonds. The van der Waals surface area contributed by atoms with E-state index in [0.717, 1.165) is 13.3 Å². The lowest BCUT2D eigenvalue weighted by Gasteiger charge is -2.09. The molecule has 0 atom stereocenters. The first-order valence-electron chi connectivity index (χ1n) is 4.01. The molecule has 0 saturated heterocycles. The summed E-state index contributed by atoms with van der Waals surface area (Å²) in [5.74, 6) is -1.90. The van der Waals surface area contributed by atoms with Crippen LogP contribution in [0.4, 0.5) is 8.78 Å². The van der Waals surface area contributed by atoms with Gasteiger partial charge in [-0.3, -0.25) is 0 Å². The van der Waals surface area contributed by atoms with Crippen molar-refractivity contribution in [3.8, 4) is 11.8 Å². The molecule has 1 N–H and O–H groups in total. The number of aromatic hydroxyl groups is 1. The Morgan fingerprint density at radius 3 is 2.75 bits per heavy atom. The summed E-state index contributed by atoms with van der Waals surface area (Å²) < 4.78 is 29.5. The van der Waals surface area contributed by atoms with Crippen LogP contribution >= 0.6 is 0 Å². The number of rotatable bonds is 2. The van der Waals surface area contributed by atoms with Gasteiger partial charge in [0.05, 0.1) is 18.9 Å². The van der Waals surface area contributed by atoms with Crippen molar-refractivity contribution in [3.63, 3.8) is 0 Å². The number of hydrogen-bond donors (Lipinski definition) is 1. The molecule has 1 heterocycles. The normalized spacial score (nSPS) is 9.94. The lowest BCUT2D eigenvalue weighted by atomic mass is 10.1. The molecule has 1 rings (SSSR count). The molecule has 0 unspecified atom stereocenters. The first-order chi connectivity index (χ1) is 7.52. The van der Waals surface area contributed by atoms with E-state index in [-0.39, 0.29) is 0 Å². The Bertz CT molecular complexity index is 469. The Labute approximate surface area is 88.9 Å². The molecule has 0 spiro atoms. The number of halogens is 2. The summed E-state index contributed by atoms with van der Waals surface area (Å²) in [6, 6.07) is 1.41. The fraction of sp³-hybridized carbons (Fsp3) is 0.222. The van der Waals surface area contributed by atoms with Gasteiger partial charge in [0.1, 0.15) is 23.1 Å². The van der Waals surface area contributed by atoms with E-state index in [1.54, 1.807) is 0 Å². The van der Waals surface area contributed by atoms with Crippen LogP contribution in [-0.2, 0) is 4.74 Å². The molecule has 1 aromatic rings. The van der Waals surface area contributed by atoms with Gasteiger partial charge in [0, 0.05) is 0 Å². The topological polar surface area (TPSA) is 83.2 Å². The van der Waals surface area contributed by atoms with Gasteiger partial charge in [0.25, 0.3) is 6.43 Å². The molecular weight excluding hydrogens is 222 g/mol. The second-order valence-corrected chi connectivity index (χ2v) is 2.68. The highest BCUT2D eigenvalue weighted by Gasteiger charge is 2.27. The molecule has 16 heavy (non-hydrogen) atoms. The van der Waals surface area contributed by atoms with E-state index in [1.165, 1.54) is 6.07 Å². The highest BCUT2D eigenvalue weighted by molar-refractivity contribution is 5.94. The summed E-state index contributed by atoms with van der Waals surface area (Å²) in [4.78, 5) is 14.5.